The number of nitrogens with zero attached hydrogens (tertiary/aromatic N) is 1. The van der Waals surface area contributed by atoms with Gasteiger partial charge in [-0.15, -0.1) is 0 Å². The summed E-state index contributed by atoms with van der Waals surface area (Å²) in [5.41, 5.74) is 1.49. The van der Waals surface area contributed by atoms with Crippen LogP contribution >= 0.6 is 0 Å². The summed E-state index contributed by atoms with van der Waals surface area (Å²) in [6.45, 7) is 13.4. The maximum atomic E-state index is 13.2. The van der Waals surface area contributed by atoms with E-state index in [1.165, 1.54) is 11.1 Å². The van der Waals surface area contributed by atoms with E-state index in [-0.39, 0.29) is 29.4 Å². The van der Waals surface area contributed by atoms with Gasteiger partial charge < -0.3 is 19.2 Å². The van der Waals surface area contributed by atoms with Gasteiger partial charge in [-0.05, 0) is 62.4 Å². The molecule has 0 radical (unpaired) electrons. The fourth-order valence-electron chi connectivity index (χ4n) is 6.77. The van der Waals surface area contributed by atoms with Crippen molar-refractivity contribution in [2.24, 2.45) is 11.8 Å². The van der Waals surface area contributed by atoms with Crippen molar-refractivity contribution in [2.75, 3.05) is 13.1 Å². The first-order valence-electron chi connectivity index (χ1n) is 14.0. The molecule has 1 N–H and O–H groups in total. The van der Waals surface area contributed by atoms with E-state index in [4.69, 9.17) is 9.16 Å². The van der Waals surface area contributed by atoms with E-state index < -0.39 is 20.0 Å². The molecule has 4 rings (SSSR count). The molecule has 1 saturated carbocycles. The lowest BCUT2D eigenvalue weighted by Crippen LogP contribution is -2.58. The number of carbonyl (C=O) groups is 1. The van der Waals surface area contributed by atoms with Crippen molar-refractivity contribution in [1.82, 2.24) is 4.90 Å². The van der Waals surface area contributed by atoms with Crippen molar-refractivity contribution in [3.05, 3.63) is 71.8 Å². The van der Waals surface area contributed by atoms with Crippen LogP contribution in [-0.4, -0.2) is 55.3 Å². The van der Waals surface area contributed by atoms with Crippen LogP contribution in [0.2, 0.25) is 18.1 Å². The van der Waals surface area contributed by atoms with Gasteiger partial charge >= 0.3 is 6.09 Å². The van der Waals surface area contributed by atoms with Gasteiger partial charge in [0.15, 0.2) is 8.32 Å². The van der Waals surface area contributed by atoms with Crippen LogP contribution in [0.3, 0.4) is 0 Å². The third-order valence-corrected chi connectivity index (χ3v) is 13.6. The number of amides is 1. The highest BCUT2D eigenvalue weighted by Crippen LogP contribution is 2.55. The zero-order chi connectivity index (χ0) is 26.8. The van der Waals surface area contributed by atoms with Crippen LogP contribution in [0.1, 0.15) is 59.1 Å². The Labute approximate surface area is 224 Å². The first kappa shape index (κ1) is 27.9. The third-order valence-electron chi connectivity index (χ3n) is 8.90. The second kappa shape index (κ2) is 10.9. The lowest BCUT2D eigenvalue weighted by molar-refractivity contribution is -0.0701. The number of carbonyl (C=O) groups excluding carboxylic acids is 1. The van der Waals surface area contributed by atoms with E-state index >= 15 is 0 Å². The average molecular weight is 524 g/mol. The van der Waals surface area contributed by atoms with Gasteiger partial charge in [0.25, 0.3) is 0 Å². The molecule has 1 heterocycles. The lowest BCUT2D eigenvalue weighted by Gasteiger charge is -2.52. The van der Waals surface area contributed by atoms with Crippen molar-refractivity contribution in [3.63, 3.8) is 0 Å². The fourth-order valence-corrected chi connectivity index (χ4v) is 9.64. The van der Waals surface area contributed by atoms with E-state index in [0.717, 1.165) is 18.1 Å². The summed E-state index contributed by atoms with van der Waals surface area (Å²) in [5.74, 6) is -0.0652. The van der Waals surface area contributed by atoms with Gasteiger partial charge in [0.2, 0.25) is 0 Å². The van der Waals surface area contributed by atoms with Gasteiger partial charge in [-0.2, -0.15) is 0 Å². The SMILES string of the molecule is CC[Si](CC)(CC)OC1CC(c2ccccc2)(c2ccccc2)C2CN(C(=O)OC(C)(C)C)CC2C1O. The average Bonchev–Trinajstić information content (AvgIpc) is 3.36. The predicted octanol–water partition coefficient (Wildman–Crippen LogP) is 6.61. The van der Waals surface area contributed by atoms with Crippen molar-refractivity contribution >= 4 is 14.4 Å². The van der Waals surface area contributed by atoms with Crippen molar-refractivity contribution in [1.29, 1.82) is 0 Å². The van der Waals surface area contributed by atoms with E-state index in [1.807, 2.05) is 25.7 Å². The number of aliphatic hydroxyl groups is 1. The van der Waals surface area contributed by atoms with E-state index in [2.05, 4.69) is 81.4 Å². The molecule has 4 atom stereocenters. The summed E-state index contributed by atoms with van der Waals surface area (Å²) in [5, 5.41) is 11.9. The van der Waals surface area contributed by atoms with Crippen molar-refractivity contribution in [2.45, 2.75) is 89.3 Å². The Morgan fingerprint density at radius 3 is 1.92 bits per heavy atom. The summed E-state index contributed by atoms with van der Waals surface area (Å²) >= 11 is 0. The quantitative estimate of drug-likeness (QED) is 0.415. The minimum Gasteiger partial charge on any atom is -0.444 e. The van der Waals surface area contributed by atoms with E-state index in [1.54, 1.807) is 0 Å². The van der Waals surface area contributed by atoms with Gasteiger partial charge in [0.1, 0.15) is 5.60 Å². The normalized spacial score (nSPS) is 25.5. The number of benzene rings is 2. The van der Waals surface area contributed by atoms with E-state index in [0.29, 0.717) is 19.5 Å². The van der Waals surface area contributed by atoms with Gasteiger partial charge in [-0.3, -0.25) is 0 Å². The monoisotopic (exact) mass is 523 g/mol. The summed E-state index contributed by atoms with van der Waals surface area (Å²) in [6.07, 6.45) is -0.525. The van der Waals surface area contributed by atoms with Gasteiger partial charge in [0.05, 0.1) is 12.2 Å². The van der Waals surface area contributed by atoms with Crippen LogP contribution in [0.5, 0.6) is 0 Å². The van der Waals surface area contributed by atoms with Crippen LogP contribution in [0.25, 0.3) is 0 Å². The molecule has 1 saturated heterocycles. The maximum absolute atomic E-state index is 13.2. The standard InChI is InChI=1S/C31H45NO4Si/c1-7-37(8-2,9-3)36-27-20-31(23-16-12-10-13-17-23,24-18-14-11-15-19-24)26-22-32(21-25(26)28(27)33)29(34)35-30(4,5)6/h10-19,25-28,33H,7-9,20-22H2,1-6H3. The molecule has 1 aliphatic heterocycles. The number of hydrogen-bond donors (Lipinski definition) is 1. The summed E-state index contributed by atoms with van der Waals surface area (Å²) in [4.78, 5) is 15.1. The Balaban J connectivity index is 1.84. The molecule has 2 aromatic rings. The molecule has 4 unspecified atom stereocenters. The molecule has 2 aromatic carbocycles. The Hall–Kier alpha value is -2.15. The smallest absolute Gasteiger partial charge is 0.410 e. The zero-order valence-corrected chi connectivity index (χ0v) is 24.4. The minimum absolute atomic E-state index is 0.0422. The highest BCUT2D eigenvalue weighted by Gasteiger charge is 2.59. The molecule has 0 bridgehead atoms. The highest BCUT2D eigenvalue weighted by atomic mass is 28.4. The van der Waals surface area contributed by atoms with Crippen LogP contribution in [0, 0.1) is 11.8 Å². The maximum Gasteiger partial charge on any atom is 0.410 e. The molecule has 202 valence electrons. The van der Waals surface area contributed by atoms with Gasteiger partial charge in [-0.25, -0.2) is 4.79 Å². The first-order chi connectivity index (χ1) is 17.6. The Bertz CT molecular complexity index is 986. The predicted molar refractivity (Wildman–Crippen MR) is 151 cm³/mol. The second-order valence-electron chi connectivity index (χ2n) is 12.0. The van der Waals surface area contributed by atoms with Crippen LogP contribution in [0.4, 0.5) is 4.79 Å². The number of rotatable bonds is 7. The largest absolute Gasteiger partial charge is 0.444 e. The number of aliphatic hydroxyl groups excluding tert-OH is 1. The minimum atomic E-state index is -1.99. The van der Waals surface area contributed by atoms with Crippen LogP contribution in [0.15, 0.2) is 60.7 Å². The molecule has 6 heteroatoms. The van der Waals surface area contributed by atoms with E-state index in [9.17, 15) is 9.90 Å². The molecule has 0 aromatic heterocycles. The second-order valence-corrected chi connectivity index (χ2v) is 16.7. The number of hydrogen-bond acceptors (Lipinski definition) is 4. The molecule has 37 heavy (non-hydrogen) atoms. The molecule has 1 aliphatic carbocycles. The lowest BCUT2D eigenvalue weighted by atomic mass is 9.55. The Kier molecular flexibility index (Phi) is 8.22. The highest BCUT2D eigenvalue weighted by molar-refractivity contribution is 6.73. The molecule has 0 spiro atoms. The molecule has 5 nitrogen and oxygen atoms in total. The summed E-state index contributed by atoms with van der Waals surface area (Å²) in [6, 6.07) is 24.4. The molecule has 2 aliphatic rings. The van der Waals surface area contributed by atoms with Crippen molar-refractivity contribution in [3.8, 4) is 0 Å². The fraction of sp³-hybridized carbons (Fsp3) is 0.581. The first-order valence-corrected chi connectivity index (χ1v) is 16.6. The molecule has 2 fully saturated rings. The summed E-state index contributed by atoms with van der Waals surface area (Å²) in [7, 11) is -1.99. The molecular weight excluding hydrogens is 478 g/mol. The van der Waals surface area contributed by atoms with Crippen molar-refractivity contribution < 1.29 is 19.1 Å². The van der Waals surface area contributed by atoms with Gasteiger partial charge in [0, 0.05) is 24.4 Å². The molecular formula is C31H45NO4Si. The van der Waals surface area contributed by atoms with Crippen LogP contribution in [-0.2, 0) is 14.6 Å². The Morgan fingerprint density at radius 2 is 1.46 bits per heavy atom. The number of ether oxygens (including phenoxy) is 1. The third kappa shape index (κ3) is 5.38. The van der Waals surface area contributed by atoms with Gasteiger partial charge in [-0.1, -0.05) is 81.4 Å². The number of fused-ring (bicyclic) bond motifs is 1. The summed E-state index contributed by atoms with van der Waals surface area (Å²) < 4.78 is 12.9. The van der Waals surface area contributed by atoms with Crippen LogP contribution < -0.4 is 0 Å². The zero-order valence-electron chi connectivity index (χ0n) is 23.4. The molecule has 1 amide bonds. The topological polar surface area (TPSA) is 59.0 Å². The number of likely N-dealkylation sites (tertiary alicyclic amines) is 1. The Morgan fingerprint density at radius 1 is 0.946 bits per heavy atom.